The van der Waals surface area contributed by atoms with Gasteiger partial charge in [-0.25, -0.2) is 12.8 Å². The summed E-state index contributed by atoms with van der Waals surface area (Å²) in [5.41, 5.74) is 1.19. The summed E-state index contributed by atoms with van der Waals surface area (Å²) in [6, 6.07) is 8.28. The van der Waals surface area contributed by atoms with Crippen molar-refractivity contribution in [2.45, 2.75) is 11.8 Å². The van der Waals surface area contributed by atoms with Crippen LogP contribution in [0.3, 0.4) is 0 Å². The molecule has 106 valence electrons. The second-order valence-electron chi connectivity index (χ2n) is 4.14. The van der Waals surface area contributed by atoms with Crippen LogP contribution in [-0.4, -0.2) is 8.42 Å². The van der Waals surface area contributed by atoms with Crippen molar-refractivity contribution in [2.24, 2.45) is 0 Å². The number of rotatable bonds is 3. The lowest BCUT2D eigenvalue weighted by molar-refractivity contribution is 0.599. The number of aryl methyl sites for hydroxylation is 1. The Morgan fingerprint density at radius 1 is 1.20 bits per heavy atom. The van der Waals surface area contributed by atoms with E-state index >= 15 is 0 Å². The summed E-state index contributed by atoms with van der Waals surface area (Å²) in [5.74, 6) is -0.589. The summed E-state index contributed by atoms with van der Waals surface area (Å²) in [7, 11) is -3.86. The van der Waals surface area contributed by atoms with E-state index in [1.165, 1.54) is 0 Å². The summed E-state index contributed by atoms with van der Waals surface area (Å²) in [6.07, 6.45) is 0. The minimum absolute atomic E-state index is 0.160. The summed E-state index contributed by atoms with van der Waals surface area (Å²) in [4.78, 5) is -0.164. The molecule has 0 saturated carbocycles. The van der Waals surface area contributed by atoms with Crippen LogP contribution < -0.4 is 4.72 Å². The smallest absolute Gasteiger partial charge is 0.263 e. The van der Waals surface area contributed by atoms with E-state index in [0.717, 1.165) is 28.2 Å². The van der Waals surface area contributed by atoms with Crippen molar-refractivity contribution in [3.8, 4) is 0 Å². The molecule has 0 radical (unpaired) electrons. The molecule has 20 heavy (non-hydrogen) atoms. The van der Waals surface area contributed by atoms with Gasteiger partial charge < -0.3 is 0 Å². The third-order valence-electron chi connectivity index (χ3n) is 2.62. The van der Waals surface area contributed by atoms with Crippen LogP contribution >= 0.6 is 27.5 Å². The van der Waals surface area contributed by atoms with Crippen LogP contribution in [0, 0.1) is 12.7 Å². The Morgan fingerprint density at radius 3 is 2.50 bits per heavy atom. The average Bonchev–Trinajstić information content (AvgIpc) is 2.32. The molecule has 0 spiro atoms. The van der Waals surface area contributed by atoms with E-state index in [2.05, 4.69) is 20.7 Å². The standard InChI is InChI=1S/C13H10BrClFNO2S/c1-8-6-9(14)2-4-12(8)17-20(18,19)13-5-3-10(16)7-11(13)15/h2-7,17H,1H3. The fraction of sp³-hybridized carbons (Fsp3) is 0.0769. The molecule has 7 heteroatoms. The first-order chi connectivity index (χ1) is 9.29. The molecule has 0 aliphatic heterocycles. The Kier molecular flexibility index (Phi) is 4.36. The molecule has 0 saturated heterocycles. The maximum Gasteiger partial charge on any atom is 0.263 e. The van der Waals surface area contributed by atoms with E-state index in [0.29, 0.717) is 5.69 Å². The molecule has 0 aromatic heterocycles. The lowest BCUT2D eigenvalue weighted by Gasteiger charge is -2.12. The number of sulfonamides is 1. The quantitative estimate of drug-likeness (QED) is 0.863. The summed E-state index contributed by atoms with van der Waals surface area (Å²) in [5, 5.41) is -0.160. The van der Waals surface area contributed by atoms with E-state index in [9.17, 15) is 12.8 Å². The number of hydrogen-bond acceptors (Lipinski definition) is 2. The Labute approximate surface area is 130 Å². The molecule has 3 nitrogen and oxygen atoms in total. The monoisotopic (exact) mass is 377 g/mol. The predicted octanol–water partition coefficient (Wildman–Crippen LogP) is 4.35. The van der Waals surface area contributed by atoms with Gasteiger partial charge in [-0.15, -0.1) is 0 Å². The van der Waals surface area contributed by atoms with Crippen LogP contribution in [-0.2, 0) is 10.0 Å². The zero-order valence-electron chi connectivity index (χ0n) is 10.3. The second kappa shape index (κ2) is 5.71. The molecule has 1 N–H and O–H groups in total. The fourth-order valence-corrected chi connectivity index (χ4v) is 3.77. The second-order valence-corrected chi connectivity index (χ2v) is 7.11. The van der Waals surface area contributed by atoms with Gasteiger partial charge in [0.05, 0.1) is 10.7 Å². The largest absolute Gasteiger partial charge is 0.279 e. The number of benzene rings is 2. The van der Waals surface area contributed by atoms with E-state index in [-0.39, 0.29) is 9.92 Å². The maximum absolute atomic E-state index is 13.0. The number of hydrogen-bond donors (Lipinski definition) is 1. The van der Waals surface area contributed by atoms with Crippen LogP contribution in [0.4, 0.5) is 10.1 Å². The SMILES string of the molecule is Cc1cc(Br)ccc1NS(=O)(=O)c1ccc(F)cc1Cl. The predicted molar refractivity (Wildman–Crippen MR) is 81.1 cm³/mol. The summed E-state index contributed by atoms with van der Waals surface area (Å²) >= 11 is 9.08. The highest BCUT2D eigenvalue weighted by molar-refractivity contribution is 9.10. The minimum Gasteiger partial charge on any atom is -0.279 e. The van der Waals surface area contributed by atoms with Gasteiger partial charge in [-0.3, -0.25) is 4.72 Å². The lowest BCUT2D eigenvalue weighted by Crippen LogP contribution is -2.14. The molecule has 0 heterocycles. The number of nitrogens with one attached hydrogen (secondary N) is 1. The fourth-order valence-electron chi connectivity index (χ4n) is 1.63. The van der Waals surface area contributed by atoms with Crippen molar-refractivity contribution in [3.63, 3.8) is 0 Å². The Bertz CT molecular complexity index is 765. The Balaban J connectivity index is 2.41. The van der Waals surface area contributed by atoms with Crippen molar-refractivity contribution < 1.29 is 12.8 Å². The van der Waals surface area contributed by atoms with Crippen LogP contribution in [0.2, 0.25) is 5.02 Å². The highest BCUT2D eigenvalue weighted by Crippen LogP contribution is 2.27. The van der Waals surface area contributed by atoms with Gasteiger partial charge >= 0.3 is 0 Å². The zero-order valence-corrected chi connectivity index (χ0v) is 13.5. The van der Waals surface area contributed by atoms with E-state index in [1.54, 1.807) is 25.1 Å². The lowest BCUT2D eigenvalue weighted by atomic mass is 10.2. The first kappa shape index (κ1) is 15.3. The molecular weight excluding hydrogens is 369 g/mol. The molecule has 0 amide bonds. The molecule has 0 atom stereocenters. The molecule has 0 bridgehead atoms. The van der Waals surface area contributed by atoms with E-state index in [4.69, 9.17) is 11.6 Å². The minimum atomic E-state index is -3.86. The highest BCUT2D eigenvalue weighted by atomic mass is 79.9. The number of halogens is 3. The van der Waals surface area contributed by atoms with Crippen molar-refractivity contribution in [1.29, 1.82) is 0 Å². The summed E-state index contributed by atoms with van der Waals surface area (Å²) < 4.78 is 40.7. The zero-order chi connectivity index (χ0) is 14.9. The van der Waals surface area contributed by atoms with Gasteiger partial charge in [0.2, 0.25) is 0 Å². The van der Waals surface area contributed by atoms with Gasteiger partial charge in [-0.2, -0.15) is 0 Å². The summed E-state index contributed by atoms with van der Waals surface area (Å²) in [6.45, 7) is 1.77. The number of anilines is 1. The van der Waals surface area contributed by atoms with Crippen LogP contribution in [0.15, 0.2) is 45.8 Å². The van der Waals surface area contributed by atoms with E-state index < -0.39 is 15.8 Å². The maximum atomic E-state index is 13.0. The molecule has 0 aliphatic rings. The van der Waals surface area contributed by atoms with Crippen molar-refractivity contribution in [1.82, 2.24) is 0 Å². The molecule has 2 aromatic rings. The van der Waals surface area contributed by atoms with Gasteiger partial charge in [0.1, 0.15) is 10.7 Å². The molecular formula is C13H10BrClFNO2S. The molecule has 0 fully saturated rings. The van der Waals surface area contributed by atoms with Gasteiger partial charge in [0, 0.05) is 4.47 Å². The average molecular weight is 379 g/mol. The first-order valence-electron chi connectivity index (χ1n) is 5.53. The van der Waals surface area contributed by atoms with Crippen molar-refractivity contribution >= 4 is 43.2 Å². The third kappa shape index (κ3) is 3.31. The van der Waals surface area contributed by atoms with Crippen molar-refractivity contribution in [3.05, 3.63) is 57.3 Å². The molecule has 2 rings (SSSR count). The highest BCUT2D eigenvalue weighted by Gasteiger charge is 2.19. The topological polar surface area (TPSA) is 46.2 Å². The van der Waals surface area contributed by atoms with Gasteiger partial charge in [-0.1, -0.05) is 27.5 Å². The third-order valence-corrected chi connectivity index (χ3v) is 4.96. The Hall–Kier alpha value is -1.11. The van der Waals surface area contributed by atoms with Gasteiger partial charge in [0.25, 0.3) is 10.0 Å². The first-order valence-corrected chi connectivity index (χ1v) is 8.19. The molecule has 0 unspecified atom stereocenters. The molecule has 2 aromatic carbocycles. The van der Waals surface area contributed by atoms with Gasteiger partial charge in [0.15, 0.2) is 0 Å². The van der Waals surface area contributed by atoms with Gasteiger partial charge in [-0.05, 0) is 48.9 Å². The van der Waals surface area contributed by atoms with Crippen molar-refractivity contribution in [2.75, 3.05) is 4.72 Å². The van der Waals surface area contributed by atoms with Crippen LogP contribution in [0.5, 0.6) is 0 Å². The Morgan fingerprint density at radius 2 is 1.90 bits per heavy atom. The normalized spacial score (nSPS) is 11.4. The van der Waals surface area contributed by atoms with Crippen LogP contribution in [0.1, 0.15) is 5.56 Å². The van der Waals surface area contributed by atoms with Crippen LogP contribution in [0.25, 0.3) is 0 Å². The molecule has 0 aliphatic carbocycles. The van der Waals surface area contributed by atoms with E-state index in [1.807, 2.05) is 0 Å².